The largest absolute Gasteiger partial charge is 0.477 e. The number of hydrogen-bond acceptors (Lipinski definition) is 5. The smallest absolute Gasteiger partial charge is 0.218 e. The lowest BCUT2D eigenvalue weighted by molar-refractivity contribution is 0.259. The number of nitrogens with one attached hydrogen (secondary N) is 2. The number of hydrogen-bond donors (Lipinski definition) is 2. The van der Waals surface area contributed by atoms with Crippen LogP contribution in [0.4, 0.5) is 0 Å². The number of aryl methyl sites for hydroxylation is 1. The number of thioether (sulfide) groups is 1. The number of pyridine rings is 1. The van der Waals surface area contributed by atoms with Gasteiger partial charge in [0.25, 0.3) is 0 Å². The Labute approximate surface area is 159 Å². The standard InChI is InChI=1S/C20H26N4OS/c1-13(2)12-25-20-16(10-21-11-19-22-9-14(3)23-19)7-15-5-6-17(26-4)8-18(15)24-20/h5-9,13,21H,10-12H2,1-4H3,(H,22,23). The van der Waals surface area contributed by atoms with Crippen LogP contribution in [0.2, 0.25) is 0 Å². The summed E-state index contributed by atoms with van der Waals surface area (Å²) in [5, 5.41) is 4.56. The van der Waals surface area contributed by atoms with Crippen LogP contribution >= 0.6 is 11.8 Å². The lowest BCUT2D eigenvalue weighted by Crippen LogP contribution is -2.16. The lowest BCUT2D eigenvalue weighted by Gasteiger charge is -2.14. The third kappa shape index (κ3) is 4.77. The summed E-state index contributed by atoms with van der Waals surface area (Å²) in [6.07, 6.45) is 3.92. The molecule has 0 unspecified atom stereocenters. The summed E-state index contributed by atoms with van der Waals surface area (Å²) in [6, 6.07) is 8.54. The number of ether oxygens (including phenoxy) is 1. The quantitative estimate of drug-likeness (QED) is 0.579. The first-order chi connectivity index (χ1) is 12.5. The molecule has 0 radical (unpaired) electrons. The summed E-state index contributed by atoms with van der Waals surface area (Å²) in [6.45, 7) is 8.31. The molecule has 0 amide bonds. The molecule has 5 nitrogen and oxygen atoms in total. The molecule has 0 aliphatic heterocycles. The van der Waals surface area contributed by atoms with Gasteiger partial charge in [0.1, 0.15) is 5.82 Å². The van der Waals surface area contributed by atoms with Crippen molar-refractivity contribution in [2.45, 2.75) is 38.8 Å². The molecular formula is C20H26N4OS. The average Bonchev–Trinajstić information content (AvgIpc) is 3.04. The van der Waals surface area contributed by atoms with E-state index < -0.39 is 0 Å². The van der Waals surface area contributed by atoms with Crippen molar-refractivity contribution in [1.82, 2.24) is 20.3 Å². The number of aromatic amines is 1. The molecule has 0 aliphatic carbocycles. The summed E-state index contributed by atoms with van der Waals surface area (Å²) in [5.41, 5.74) is 3.11. The minimum atomic E-state index is 0.455. The second-order valence-corrected chi connectivity index (χ2v) is 7.71. The highest BCUT2D eigenvalue weighted by Crippen LogP contribution is 2.26. The molecule has 0 spiro atoms. The van der Waals surface area contributed by atoms with E-state index in [0.717, 1.165) is 28.0 Å². The minimum absolute atomic E-state index is 0.455. The number of H-pyrrole nitrogens is 1. The average molecular weight is 371 g/mol. The first-order valence-electron chi connectivity index (χ1n) is 8.87. The van der Waals surface area contributed by atoms with Crippen LogP contribution in [0, 0.1) is 12.8 Å². The Balaban J connectivity index is 1.81. The Morgan fingerprint density at radius 2 is 2.08 bits per heavy atom. The van der Waals surface area contributed by atoms with Crippen LogP contribution < -0.4 is 10.1 Å². The van der Waals surface area contributed by atoms with Gasteiger partial charge in [-0.15, -0.1) is 11.8 Å². The first kappa shape index (κ1) is 18.7. The maximum Gasteiger partial charge on any atom is 0.218 e. The fourth-order valence-corrected chi connectivity index (χ4v) is 3.10. The molecule has 6 heteroatoms. The van der Waals surface area contributed by atoms with Crippen LogP contribution in [0.15, 0.2) is 35.4 Å². The van der Waals surface area contributed by atoms with E-state index in [4.69, 9.17) is 9.72 Å². The van der Waals surface area contributed by atoms with Crippen LogP contribution in [0.5, 0.6) is 5.88 Å². The summed E-state index contributed by atoms with van der Waals surface area (Å²) < 4.78 is 6.01. The topological polar surface area (TPSA) is 62.8 Å². The van der Waals surface area contributed by atoms with E-state index in [2.05, 4.69) is 59.7 Å². The molecule has 0 saturated carbocycles. The predicted octanol–water partition coefficient (Wildman–Crippen LogP) is 4.31. The maximum absolute atomic E-state index is 6.01. The van der Waals surface area contributed by atoms with Crippen molar-refractivity contribution in [3.63, 3.8) is 0 Å². The van der Waals surface area contributed by atoms with Crippen LogP contribution in [-0.2, 0) is 13.1 Å². The van der Waals surface area contributed by atoms with E-state index in [1.54, 1.807) is 11.8 Å². The van der Waals surface area contributed by atoms with Gasteiger partial charge in [-0.3, -0.25) is 0 Å². The zero-order valence-corrected chi connectivity index (χ0v) is 16.6. The van der Waals surface area contributed by atoms with Crippen LogP contribution in [0.1, 0.15) is 30.9 Å². The van der Waals surface area contributed by atoms with Crippen LogP contribution in [0.25, 0.3) is 10.9 Å². The Hall–Kier alpha value is -2.05. The van der Waals surface area contributed by atoms with Crippen molar-refractivity contribution in [2.75, 3.05) is 12.9 Å². The second kappa shape index (κ2) is 8.56. The van der Waals surface area contributed by atoms with Crippen molar-refractivity contribution >= 4 is 22.7 Å². The molecule has 26 heavy (non-hydrogen) atoms. The highest BCUT2D eigenvalue weighted by molar-refractivity contribution is 7.98. The van der Waals surface area contributed by atoms with E-state index in [1.807, 2.05) is 13.1 Å². The molecule has 0 saturated heterocycles. The highest BCUT2D eigenvalue weighted by atomic mass is 32.2. The number of aromatic nitrogens is 3. The number of rotatable bonds is 8. The van der Waals surface area contributed by atoms with Gasteiger partial charge in [-0.1, -0.05) is 19.9 Å². The van der Waals surface area contributed by atoms with Crippen molar-refractivity contribution in [3.05, 3.63) is 47.5 Å². The summed E-state index contributed by atoms with van der Waals surface area (Å²) >= 11 is 1.72. The van der Waals surface area contributed by atoms with Gasteiger partial charge < -0.3 is 15.0 Å². The van der Waals surface area contributed by atoms with Crippen molar-refractivity contribution in [1.29, 1.82) is 0 Å². The Bertz CT molecular complexity index is 875. The fourth-order valence-electron chi connectivity index (χ4n) is 2.67. The molecular weight excluding hydrogens is 344 g/mol. The molecule has 2 N–H and O–H groups in total. The molecule has 2 heterocycles. The van der Waals surface area contributed by atoms with Gasteiger partial charge >= 0.3 is 0 Å². The molecule has 3 rings (SSSR count). The summed E-state index contributed by atoms with van der Waals surface area (Å²) in [7, 11) is 0. The second-order valence-electron chi connectivity index (χ2n) is 6.83. The monoisotopic (exact) mass is 370 g/mol. The number of fused-ring (bicyclic) bond motifs is 1. The zero-order valence-electron chi connectivity index (χ0n) is 15.8. The summed E-state index contributed by atoms with van der Waals surface area (Å²) in [5.74, 6) is 2.11. The van der Waals surface area contributed by atoms with Gasteiger partial charge in [-0.05, 0) is 37.3 Å². The Kier molecular flexibility index (Phi) is 6.16. The zero-order chi connectivity index (χ0) is 18.5. The Morgan fingerprint density at radius 1 is 1.23 bits per heavy atom. The van der Waals surface area contributed by atoms with Crippen molar-refractivity contribution in [3.8, 4) is 5.88 Å². The molecule has 2 aromatic heterocycles. The normalized spacial score (nSPS) is 11.4. The van der Waals surface area contributed by atoms with Gasteiger partial charge in [0, 0.05) is 34.3 Å². The molecule has 0 atom stereocenters. The van der Waals surface area contributed by atoms with E-state index in [-0.39, 0.29) is 0 Å². The number of benzene rings is 1. The molecule has 1 aromatic carbocycles. The molecule has 0 fully saturated rings. The van der Waals surface area contributed by atoms with E-state index in [9.17, 15) is 0 Å². The third-order valence-corrected chi connectivity index (χ3v) is 4.71. The minimum Gasteiger partial charge on any atom is -0.477 e. The number of nitrogens with zero attached hydrogens (tertiary/aromatic N) is 2. The van der Waals surface area contributed by atoms with Gasteiger partial charge in [-0.25, -0.2) is 9.97 Å². The van der Waals surface area contributed by atoms with Gasteiger partial charge in [0.05, 0.1) is 18.7 Å². The first-order valence-corrected chi connectivity index (χ1v) is 10.1. The SMILES string of the molecule is CSc1ccc2cc(CNCc3ncc(C)[nH]3)c(OCC(C)C)nc2c1. The fraction of sp³-hybridized carbons (Fsp3) is 0.400. The third-order valence-electron chi connectivity index (χ3n) is 3.98. The predicted molar refractivity (Wildman–Crippen MR) is 108 cm³/mol. The van der Waals surface area contributed by atoms with E-state index in [1.165, 1.54) is 4.90 Å². The van der Waals surface area contributed by atoms with Crippen LogP contribution in [0.3, 0.4) is 0 Å². The number of imidazole rings is 1. The molecule has 3 aromatic rings. The van der Waals surface area contributed by atoms with Gasteiger partial charge in [0.15, 0.2) is 0 Å². The summed E-state index contributed by atoms with van der Waals surface area (Å²) in [4.78, 5) is 13.6. The van der Waals surface area contributed by atoms with E-state index in [0.29, 0.717) is 31.5 Å². The lowest BCUT2D eigenvalue weighted by atomic mass is 10.1. The van der Waals surface area contributed by atoms with Crippen molar-refractivity contribution < 1.29 is 4.74 Å². The van der Waals surface area contributed by atoms with Crippen LogP contribution in [-0.4, -0.2) is 27.8 Å². The molecule has 0 bridgehead atoms. The molecule has 138 valence electrons. The maximum atomic E-state index is 6.01. The highest BCUT2D eigenvalue weighted by Gasteiger charge is 2.10. The van der Waals surface area contributed by atoms with Crippen molar-refractivity contribution in [2.24, 2.45) is 5.92 Å². The Morgan fingerprint density at radius 3 is 2.77 bits per heavy atom. The van der Waals surface area contributed by atoms with E-state index >= 15 is 0 Å². The molecule has 0 aliphatic rings. The van der Waals surface area contributed by atoms with Gasteiger partial charge in [-0.2, -0.15) is 0 Å². The van der Waals surface area contributed by atoms with Gasteiger partial charge in [0.2, 0.25) is 5.88 Å².